The predicted octanol–water partition coefficient (Wildman–Crippen LogP) is 3.15. The van der Waals surface area contributed by atoms with Gasteiger partial charge in [-0.3, -0.25) is 10.1 Å². The van der Waals surface area contributed by atoms with Crippen LogP contribution in [0.3, 0.4) is 0 Å². The van der Waals surface area contributed by atoms with Crippen molar-refractivity contribution in [3.8, 4) is 0 Å². The molecule has 0 fully saturated rings. The lowest BCUT2D eigenvalue weighted by molar-refractivity contribution is -0.139. The van der Waals surface area contributed by atoms with Crippen LogP contribution in [0.15, 0.2) is 36.4 Å². The van der Waals surface area contributed by atoms with Gasteiger partial charge in [-0.15, -0.1) is 11.3 Å². The van der Waals surface area contributed by atoms with Gasteiger partial charge < -0.3 is 5.11 Å². The molecule has 3 nitrogen and oxygen atoms in total. The first-order valence-corrected chi connectivity index (χ1v) is 7.67. The number of carboxylic acids is 1. The summed E-state index contributed by atoms with van der Waals surface area (Å²) in [6.45, 7) is 0.615. The second-order valence-corrected chi connectivity index (χ2v) is 6.30. The Bertz CT molecular complexity index is 585. The monoisotopic (exact) mass is 287 g/mol. The lowest BCUT2D eigenvalue weighted by Gasteiger charge is -2.14. The second-order valence-electron chi connectivity index (χ2n) is 5.08. The molecule has 1 atom stereocenters. The van der Waals surface area contributed by atoms with Gasteiger partial charge in [0.25, 0.3) is 0 Å². The molecule has 1 aliphatic carbocycles. The number of rotatable bonds is 5. The van der Waals surface area contributed by atoms with Crippen LogP contribution < -0.4 is 5.32 Å². The van der Waals surface area contributed by atoms with Crippen LogP contribution in [-0.4, -0.2) is 11.1 Å². The van der Waals surface area contributed by atoms with Crippen LogP contribution in [-0.2, 0) is 24.2 Å². The van der Waals surface area contributed by atoms with Gasteiger partial charge in [-0.2, -0.15) is 0 Å². The topological polar surface area (TPSA) is 49.3 Å². The number of carbonyl (C=O) groups is 1. The van der Waals surface area contributed by atoms with E-state index in [0.717, 1.165) is 5.56 Å². The highest BCUT2D eigenvalue weighted by atomic mass is 32.1. The Labute approximate surface area is 122 Å². The molecule has 0 saturated heterocycles. The van der Waals surface area contributed by atoms with E-state index >= 15 is 0 Å². The Balaban J connectivity index is 1.69. The first-order chi connectivity index (χ1) is 9.74. The number of nitrogens with one attached hydrogen (secondary N) is 1. The van der Waals surface area contributed by atoms with Gasteiger partial charge in [0.15, 0.2) is 0 Å². The van der Waals surface area contributed by atoms with E-state index in [0.29, 0.717) is 6.54 Å². The SMILES string of the molecule is O=C(O)C(NCc1cc2c(s1)CCC2)c1ccccc1. The minimum Gasteiger partial charge on any atom is -0.480 e. The van der Waals surface area contributed by atoms with Gasteiger partial charge in [0.05, 0.1) is 0 Å². The lowest BCUT2D eigenvalue weighted by atomic mass is 10.1. The molecule has 2 N–H and O–H groups in total. The highest BCUT2D eigenvalue weighted by Crippen LogP contribution is 2.30. The summed E-state index contributed by atoms with van der Waals surface area (Å²) in [4.78, 5) is 14.1. The van der Waals surface area contributed by atoms with Gasteiger partial charge in [-0.05, 0) is 36.5 Å². The third-order valence-corrected chi connectivity index (χ3v) is 4.89. The molecule has 1 aromatic carbocycles. The Morgan fingerprint density at radius 1 is 1.30 bits per heavy atom. The molecule has 1 aromatic heterocycles. The fraction of sp³-hybridized carbons (Fsp3) is 0.312. The number of carboxylic acid groups (broad SMARTS) is 1. The van der Waals surface area contributed by atoms with E-state index in [2.05, 4.69) is 11.4 Å². The summed E-state index contributed by atoms with van der Waals surface area (Å²) >= 11 is 1.82. The molecular formula is C16H17NO2S. The van der Waals surface area contributed by atoms with E-state index in [4.69, 9.17) is 0 Å². The van der Waals surface area contributed by atoms with Crippen LogP contribution in [0.5, 0.6) is 0 Å². The zero-order valence-corrected chi connectivity index (χ0v) is 12.0. The van der Waals surface area contributed by atoms with Crippen molar-refractivity contribution >= 4 is 17.3 Å². The fourth-order valence-corrected chi connectivity index (χ4v) is 3.89. The molecule has 1 heterocycles. The highest BCUT2D eigenvalue weighted by Gasteiger charge is 2.20. The zero-order valence-electron chi connectivity index (χ0n) is 11.1. The number of fused-ring (bicyclic) bond motifs is 1. The Morgan fingerprint density at radius 2 is 2.10 bits per heavy atom. The second kappa shape index (κ2) is 5.77. The minimum absolute atomic E-state index is 0.615. The van der Waals surface area contributed by atoms with Gasteiger partial charge in [-0.1, -0.05) is 30.3 Å². The number of hydrogen-bond acceptors (Lipinski definition) is 3. The molecule has 0 amide bonds. The summed E-state index contributed by atoms with van der Waals surface area (Å²) in [7, 11) is 0. The van der Waals surface area contributed by atoms with E-state index in [-0.39, 0.29) is 0 Å². The Hall–Kier alpha value is -1.65. The van der Waals surface area contributed by atoms with Crippen LogP contribution in [0, 0.1) is 0 Å². The molecule has 4 heteroatoms. The number of aryl methyl sites for hydroxylation is 2. The molecular weight excluding hydrogens is 270 g/mol. The van der Waals surface area contributed by atoms with Gasteiger partial charge in [0.1, 0.15) is 6.04 Å². The number of hydrogen-bond donors (Lipinski definition) is 2. The zero-order chi connectivity index (χ0) is 13.9. The maximum atomic E-state index is 11.4. The Kier molecular flexibility index (Phi) is 3.85. The maximum absolute atomic E-state index is 11.4. The molecule has 104 valence electrons. The van der Waals surface area contributed by atoms with Crippen molar-refractivity contribution in [2.24, 2.45) is 0 Å². The van der Waals surface area contributed by atoms with Crippen molar-refractivity contribution in [2.75, 3.05) is 0 Å². The molecule has 20 heavy (non-hydrogen) atoms. The average molecular weight is 287 g/mol. The standard InChI is InChI=1S/C16H17NO2S/c18-16(19)15(11-5-2-1-3-6-11)17-10-13-9-12-7-4-8-14(12)20-13/h1-3,5-6,9,15,17H,4,7-8,10H2,(H,18,19). The Morgan fingerprint density at radius 3 is 2.80 bits per heavy atom. The van der Waals surface area contributed by atoms with E-state index in [1.165, 1.54) is 34.6 Å². The number of aliphatic carboxylic acids is 1. The van der Waals surface area contributed by atoms with Gasteiger partial charge in [-0.25, -0.2) is 0 Å². The van der Waals surface area contributed by atoms with Crippen molar-refractivity contribution in [1.29, 1.82) is 0 Å². The minimum atomic E-state index is -0.833. The molecule has 0 radical (unpaired) electrons. The molecule has 1 aliphatic rings. The van der Waals surface area contributed by atoms with E-state index < -0.39 is 12.0 Å². The van der Waals surface area contributed by atoms with Gasteiger partial charge >= 0.3 is 5.97 Å². The molecule has 0 spiro atoms. The fourth-order valence-electron chi connectivity index (χ4n) is 2.67. The normalized spacial score (nSPS) is 15.0. The average Bonchev–Trinajstić information content (AvgIpc) is 3.00. The number of thiophene rings is 1. The summed E-state index contributed by atoms with van der Waals surface area (Å²) < 4.78 is 0. The summed E-state index contributed by atoms with van der Waals surface area (Å²) in [6.07, 6.45) is 3.62. The third-order valence-electron chi connectivity index (χ3n) is 3.66. The largest absolute Gasteiger partial charge is 0.480 e. The maximum Gasteiger partial charge on any atom is 0.325 e. The summed E-state index contributed by atoms with van der Waals surface area (Å²) in [5.74, 6) is -0.833. The molecule has 2 aromatic rings. The third kappa shape index (κ3) is 2.76. The van der Waals surface area contributed by atoms with Gasteiger partial charge in [0, 0.05) is 16.3 Å². The highest BCUT2D eigenvalue weighted by molar-refractivity contribution is 7.12. The summed E-state index contributed by atoms with van der Waals surface area (Å²) in [5, 5.41) is 12.5. The van der Waals surface area contributed by atoms with E-state index in [1.807, 2.05) is 41.7 Å². The quantitative estimate of drug-likeness (QED) is 0.888. The van der Waals surface area contributed by atoms with E-state index in [1.54, 1.807) is 0 Å². The smallest absolute Gasteiger partial charge is 0.325 e. The van der Waals surface area contributed by atoms with Crippen LogP contribution in [0.2, 0.25) is 0 Å². The first kappa shape index (κ1) is 13.3. The van der Waals surface area contributed by atoms with Crippen molar-refractivity contribution in [3.05, 3.63) is 57.3 Å². The van der Waals surface area contributed by atoms with Crippen molar-refractivity contribution in [1.82, 2.24) is 5.32 Å². The molecule has 1 unspecified atom stereocenters. The van der Waals surface area contributed by atoms with Crippen molar-refractivity contribution < 1.29 is 9.90 Å². The van der Waals surface area contributed by atoms with Crippen LogP contribution in [0.25, 0.3) is 0 Å². The van der Waals surface area contributed by atoms with Gasteiger partial charge in [0.2, 0.25) is 0 Å². The molecule has 0 saturated carbocycles. The van der Waals surface area contributed by atoms with Crippen molar-refractivity contribution in [2.45, 2.75) is 31.8 Å². The van der Waals surface area contributed by atoms with Crippen LogP contribution in [0.1, 0.15) is 33.3 Å². The molecule has 0 bridgehead atoms. The first-order valence-electron chi connectivity index (χ1n) is 6.85. The van der Waals surface area contributed by atoms with E-state index in [9.17, 15) is 9.90 Å². The molecule has 3 rings (SSSR count). The summed E-state index contributed by atoms with van der Waals surface area (Å²) in [5.41, 5.74) is 2.25. The van der Waals surface area contributed by atoms with Crippen LogP contribution in [0.4, 0.5) is 0 Å². The lowest BCUT2D eigenvalue weighted by Crippen LogP contribution is -2.27. The molecule has 0 aliphatic heterocycles. The van der Waals surface area contributed by atoms with Crippen molar-refractivity contribution in [3.63, 3.8) is 0 Å². The summed E-state index contributed by atoms with van der Waals surface area (Å²) in [6, 6.07) is 10.9. The number of benzene rings is 1. The predicted molar refractivity (Wildman–Crippen MR) is 80.0 cm³/mol. The van der Waals surface area contributed by atoms with Crippen LogP contribution >= 0.6 is 11.3 Å².